The molecule has 0 heteroatoms. The molecule has 0 atom stereocenters. The first-order valence-electron chi connectivity index (χ1n) is 8.07. The maximum atomic E-state index is 2.26. The van der Waals surface area contributed by atoms with Crippen LogP contribution >= 0.6 is 0 Å². The average molecular weight is 287 g/mol. The van der Waals surface area contributed by atoms with Crippen LogP contribution in [0.3, 0.4) is 0 Å². The zero-order valence-electron chi connectivity index (χ0n) is 15.5. The fourth-order valence-corrected chi connectivity index (χ4v) is 1.88. The third-order valence-electron chi connectivity index (χ3n) is 2.60. The second-order valence-electron chi connectivity index (χ2n) is 7.78. The fourth-order valence-electron chi connectivity index (χ4n) is 1.88. The van der Waals surface area contributed by atoms with Crippen LogP contribution < -0.4 is 0 Å². The molecule has 0 aliphatic rings. The Hall–Kier alpha value is -1.30. The van der Waals surface area contributed by atoms with Gasteiger partial charge >= 0.3 is 0 Å². The molecule has 0 aromatic heterocycles. The van der Waals surface area contributed by atoms with Crippen LogP contribution in [0.2, 0.25) is 0 Å². The lowest BCUT2D eigenvalue weighted by molar-refractivity contribution is 0.469. The molecule has 0 saturated heterocycles. The summed E-state index contributed by atoms with van der Waals surface area (Å²) in [5.41, 5.74) is 2.15. The van der Waals surface area contributed by atoms with Gasteiger partial charge in [-0.05, 0) is 27.2 Å². The highest BCUT2D eigenvalue weighted by molar-refractivity contribution is 5.86. The number of rotatable bonds is 0. The van der Waals surface area contributed by atoms with Gasteiger partial charge in [-0.1, -0.05) is 105 Å². The monoisotopic (exact) mass is 286 g/mol. The molecule has 0 bridgehead atoms. The van der Waals surface area contributed by atoms with Crippen LogP contribution in [0.15, 0.2) is 42.5 Å². The minimum Gasteiger partial charge on any atom is -0.0683 e. The number of hydrogen-bond acceptors (Lipinski definition) is 0. The first-order chi connectivity index (χ1) is 9.59. The third-order valence-corrected chi connectivity index (χ3v) is 2.60. The zero-order valence-corrected chi connectivity index (χ0v) is 15.5. The van der Waals surface area contributed by atoms with Crippen molar-refractivity contribution in [1.29, 1.82) is 0 Å². The van der Waals surface area contributed by atoms with E-state index in [9.17, 15) is 0 Å². The van der Waals surface area contributed by atoms with Crippen LogP contribution in [0.4, 0.5) is 0 Å². The van der Waals surface area contributed by atoms with E-state index in [4.69, 9.17) is 0 Å². The largest absolute Gasteiger partial charge is 0.0683 e. The lowest BCUT2D eigenvalue weighted by atomic mass is 9.84. The minimum absolute atomic E-state index is 0.223. The van der Waals surface area contributed by atoms with Gasteiger partial charge < -0.3 is 0 Å². The Kier molecular flexibility index (Phi) is 7.71. The molecule has 0 aliphatic heterocycles. The summed E-state index contributed by atoms with van der Waals surface area (Å²) in [6.45, 7) is 19.5. The summed E-state index contributed by atoms with van der Waals surface area (Å²) in [4.78, 5) is 0. The van der Waals surface area contributed by atoms with Crippen LogP contribution in [-0.2, 0) is 5.41 Å². The summed E-state index contributed by atoms with van der Waals surface area (Å²) in [5.74, 6) is 0. The van der Waals surface area contributed by atoms with Gasteiger partial charge in [-0.25, -0.2) is 0 Å². The number of fused-ring (bicyclic) bond motifs is 1. The molecule has 0 saturated carbocycles. The van der Waals surface area contributed by atoms with E-state index in [-0.39, 0.29) is 5.41 Å². The summed E-state index contributed by atoms with van der Waals surface area (Å²) in [6, 6.07) is 15.1. The van der Waals surface area contributed by atoms with E-state index in [2.05, 4.69) is 90.9 Å². The predicted octanol–water partition coefficient (Wildman–Crippen LogP) is 7.22. The molecule has 0 nitrogen and oxygen atoms in total. The Bertz CT molecular complexity index is 510. The van der Waals surface area contributed by atoms with Gasteiger partial charge in [-0.15, -0.1) is 0 Å². The highest BCUT2D eigenvalue weighted by Gasteiger charge is 2.15. The highest BCUT2D eigenvalue weighted by atomic mass is 14.2. The van der Waals surface area contributed by atoms with Crippen LogP contribution in [0.1, 0.15) is 67.9 Å². The number of hydrogen-bond donors (Lipinski definition) is 0. The smallest absolute Gasteiger partial charge is 0.0126 e. The van der Waals surface area contributed by atoms with Crippen molar-refractivity contribution in [2.45, 2.75) is 67.7 Å². The van der Waals surface area contributed by atoms with Gasteiger partial charge in [-0.3, -0.25) is 0 Å². The molecule has 0 N–H and O–H groups in total. The molecule has 2 aromatic rings. The van der Waals surface area contributed by atoms with Crippen LogP contribution in [0, 0.1) is 5.41 Å². The van der Waals surface area contributed by atoms with E-state index in [0.29, 0.717) is 5.41 Å². The molecular formula is C21H34. The van der Waals surface area contributed by atoms with Gasteiger partial charge in [0, 0.05) is 0 Å². The second-order valence-corrected chi connectivity index (χ2v) is 7.78. The quantitative estimate of drug-likeness (QED) is 0.479. The predicted molar refractivity (Wildman–Crippen MR) is 99.1 cm³/mol. The van der Waals surface area contributed by atoms with Gasteiger partial charge in [0.15, 0.2) is 0 Å². The van der Waals surface area contributed by atoms with Gasteiger partial charge in [0.1, 0.15) is 0 Å². The van der Waals surface area contributed by atoms with Crippen molar-refractivity contribution in [3.05, 3.63) is 48.0 Å². The van der Waals surface area contributed by atoms with Gasteiger partial charge in [0.25, 0.3) is 0 Å². The fraction of sp³-hybridized carbons (Fsp3) is 0.524. The van der Waals surface area contributed by atoms with Crippen molar-refractivity contribution in [3.8, 4) is 0 Å². The van der Waals surface area contributed by atoms with Crippen molar-refractivity contribution in [3.63, 3.8) is 0 Å². The molecule has 0 spiro atoms. The van der Waals surface area contributed by atoms with Crippen LogP contribution in [0.25, 0.3) is 10.8 Å². The number of benzene rings is 2. The second kappa shape index (κ2) is 8.22. The van der Waals surface area contributed by atoms with Crippen molar-refractivity contribution in [2.75, 3.05) is 0 Å². The third kappa shape index (κ3) is 7.90. The molecular weight excluding hydrogens is 252 g/mol. The summed E-state index contributed by atoms with van der Waals surface area (Å²) in [7, 11) is 0. The molecule has 0 radical (unpaired) electrons. The Morgan fingerprint density at radius 2 is 1.05 bits per heavy atom. The molecule has 0 unspecified atom stereocenters. The molecule has 118 valence electrons. The van der Waals surface area contributed by atoms with Crippen LogP contribution in [0.5, 0.6) is 0 Å². The van der Waals surface area contributed by atoms with E-state index in [0.717, 1.165) is 0 Å². The molecule has 21 heavy (non-hydrogen) atoms. The van der Waals surface area contributed by atoms with E-state index in [1.54, 1.807) is 0 Å². The summed E-state index contributed by atoms with van der Waals surface area (Å²) in [6.07, 6.45) is 0. The normalized spacial score (nSPS) is 11.1. The Balaban J connectivity index is 0.000000489. The van der Waals surface area contributed by atoms with E-state index in [1.165, 1.54) is 16.3 Å². The van der Waals surface area contributed by atoms with Crippen molar-refractivity contribution in [2.24, 2.45) is 5.41 Å². The first kappa shape index (κ1) is 19.7. The van der Waals surface area contributed by atoms with Gasteiger partial charge in [0.2, 0.25) is 0 Å². The molecule has 0 heterocycles. The highest BCUT2D eigenvalue weighted by Crippen LogP contribution is 2.29. The minimum atomic E-state index is 0.223. The summed E-state index contributed by atoms with van der Waals surface area (Å²) < 4.78 is 0. The van der Waals surface area contributed by atoms with E-state index >= 15 is 0 Å². The Morgan fingerprint density at radius 1 is 0.619 bits per heavy atom. The lowest BCUT2D eigenvalue weighted by Gasteiger charge is -2.21. The molecule has 2 rings (SSSR count). The van der Waals surface area contributed by atoms with Crippen LogP contribution in [-0.4, -0.2) is 0 Å². The Morgan fingerprint density at radius 3 is 1.52 bits per heavy atom. The van der Waals surface area contributed by atoms with Crippen molar-refractivity contribution in [1.82, 2.24) is 0 Å². The average Bonchev–Trinajstić information content (AvgIpc) is 2.37. The van der Waals surface area contributed by atoms with Crippen molar-refractivity contribution < 1.29 is 0 Å². The molecule has 2 aromatic carbocycles. The SMILES string of the molecule is CC.CC(C)(C)C.CC(C)(C)c1cccc2ccccc12. The van der Waals surface area contributed by atoms with Gasteiger partial charge in [-0.2, -0.15) is 0 Å². The zero-order chi connectivity index (χ0) is 16.7. The molecule has 0 aliphatic carbocycles. The van der Waals surface area contributed by atoms with Crippen molar-refractivity contribution >= 4 is 10.8 Å². The van der Waals surface area contributed by atoms with Gasteiger partial charge in [0.05, 0.1) is 0 Å². The maximum absolute atomic E-state index is 2.26. The maximum Gasteiger partial charge on any atom is -0.0126 e. The summed E-state index contributed by atoms with van der Waals surface area (Å²) in [5, 5.41) is 2.71. The topological polar surface area (TPSA) is 0 Å². The van der Waals surface area contributed by atoms with E-state index in [1.807, 2.05) is 13.8 Å². The first-order valence-corrected chi connectivity index (χ1v) is 8.07. The molecule has 0 fully saturated rings. The lowest BCUT2D eigenvalue weighted by Crippen LogP contribution is -2.11. The summed E-state index contributed by atoms with van der Waals surface area (Å²) >= 11 is 0. The Labute approximate surface area is 132 Å². The standard InChI is InChI=1S/C14H16.C5H12.C2H6/c1-14(2,3)13-10-6-8-11-7-4-5-9-12(11)13;1-5(2,3)4;1-2/h4-10H,1-3H3;1-4H3;1-2H3. The van der Waals surface area contributed by atoms with E-state index < -0.39 is 0 Å². The molecule has 0 amide bonds.